The van der Waals surface area contributed by atoms with Crippen LogP contribution in [-0.4, -0.2) is 47.0 Å². The highest BCUT2D eigenvalue weighted by molar-refractivity contribution is 7.98. The number of aromatic amines is 1. The Labute approximate surface area is 181 Å². The average Bonchev–Trinajstić information content (AvgIpc) is 3.18. The first-order valence-electron chi connectivity index (χ1n) is 8.29. The first kappa shape index (κ1) is 26.3. The Kier molecular flexibility index (Phi) is 13.4. The van der Waals surface area contributed by atoms with E-state index in [2.05, 4.69) is 20.6 Å². The Hall–Kier alpha value is -1.74. The Bertz CT molecular complexity index is 717. The minimum absolute atomic E-state index is 0. The molecule has 0 spiro atoms. The van der Waals surface area contributed by atoms with Crippen LogP contribution in [-0.2, 0) is 22.6 Å². The van der Waals surface area contributed by atoms with Gasteiger partial charge in [-0.05, 0) is 36.1 Å². The van der Waals surface area contributed by atoms with Crippen LogP contribution in [0.15, 0.2) is 36.8 Å². The Morgan fingerprint density at radius 2 is 2.07 bits per heavy atom. The molecule has 2 aromatic rings. The number of amides is 1. The van der Waals surface area contributed by atoms with Crippen LogP contribution in [0.4, 0.5) is 0 Å². The molecule has 0 radical (unpaired) electrons. The first-order valence-corrected chi connectivity index (χ1v) is 9.68. The van der Waals surface area contributed by atoms with Gasteiger partial charge >= 0.3 is 5.97 Å². The van der Waals surface area contributed by atoms with Gasteiger partial charge < -0.3 is 20.4 Å². The second kappa shape index (κ2) is 14.3. The molecule has 0 unspecified atom stereocenters. The Balaban J connectivity index is 0.00000364. The molecule has 0 fully saturated rings. The van der Waals surface area contributed by atoms with Crippen LogP contribution in [0.2, 0.25) is 0 Å². The van der Waals surface area contributed by atoms with Crippen molar-refractivity contribution in [2.24, 2.45) is 0 Å². The second-order valence-corrected chi connectivity index (χ2v) is 6.68. The number of methoxy groups -OCH3 is 1. The molecule has 156 valence electrons. The van der Waals surface area contributed by atoms with Crippen molar-refractivity contribution >= 4 is 48.5 Å². The number of carbonyl (C=O) groups excluding carboxylic acids is 2. The van der Waals surface area contributed by atoms with Crippen molar-refractivity contribution in [1.29, 1.82) is 0 Å². The number of H-pyrrole nitrogens is 1. The maximum absolute atomic E-state index is 12.5. The van der Waals surface area contributed by atoms with Crippen LogP contribution >= 0.6 is 36.6 Å². The lowest BCUT2D eigenvalue weighted by molar-refractivity contribution is -0.142. The van der Waals surface area contributed by atoms with E-state index in [1.54, 1.807) is 24.2 Å². The maximum Gasteiger partial charge on any atom is 0.328 e. The highest BCUT2D eigenvalue weighted by atomic mass is 35.5. The van der Waals surface area contributed by atoms with Gasteiger partial charge in [0.2, 0.25) is 0 Å². The van der Waals surface area contributed by atoms with Crippen molar-refractivity contribution in [3.8, 4) is 0 Å². The zero-order chi connectivity index (χ0) is 18.8. The van der Waals surface area contributed by atoms with E-state index in [9.17, 15) is 9.59 Å². The van der Waals surface area contributed by atoms with Gasteiger partial charge in [-0.25, -0.2) is 9.78 Å². The summed E-state index contributed by atoms with van der Waals surface area (Å²) in [6.07, 6.45) is 5.95. The number of hydrogen-bond acceptors (Lipinski definition) is 6. The van der Waals surface area contributed by atoms with Crippen molar-refractivity contribution in [1.82, 2.24) is 20.6 Å². The highest BCUT2D eigenvalue weighted by Gasteiger charge is 2.21. The number of imidazole rings is 1. The zero-order valence-corrected chi connectivity index (χ0v) is 18.2. The molecular weight excluding hydrogens is 423 g/mol. The number of ether oxygens (including phenoxy) is 1. The Morgan fingerprint density at radius 3 is 2.71 bits per heavy atom. The number of halogens is 2. The summed E-state index contributed by atoms with van der Waals surface area (Å²) in [6.45, 7) is 1.25. The lowest BCUT2D eigenvalue weighted by Gasteiger charge is -2.16. The summed E-state index contributed by atoms with van der Waals surface area (Å²) < 4.78 is 4.78. The molecule has 7 nitrogen and oxygen atoms in total. The van der Waals surface area contributed by atoms with E-state index in [0.717, 1.165) is 17.0 Å². The van der Waals surface area contributed by atoms with Crippen molar-refractivity contribution in [2.75, 3.05) is 19.1 Å². The summed E-state index contributed by atoms with van der Waals surface area (Å²) in [4.78, 5) is 31.4. The van der Waals surface area contributed by atoms with Crippen LogP contribution in [0, 0.1) is 0 Å². The fourth-order valence-electron chi connectivity index (χ4n) is 2.41. The molecule has 28 heavy (non-hydrogen) atoms. The molecule has 0 aliphatic carbocycles. The second-order valence-electron chi connectivity index (χ2n) is 5.70. The number of esters is 1. The van der Waals surface area contributed by atoms with E-state index in [-0.39, 0.29) is 30.7 Å². The van der Waals surface area contributed by atoms with Crippen LogP contribution in [0.1, 0.15) is 28.0 Å². The number of benzene rings is 1. The molecule has 1 aromatic carbocycles. The van der Waals surface area contributed by atoms with E-state index in [1.165, 1.54) is 7.11 Å². The van der Waals surface area contributed by atoms with Gasteiger partial charge in [-0.3, -0.25) is 4.79 Å². The predicted molar refractivity (Wildman–Crippen MR) is 116 cm³/mol. The first-order chi connectivity index (χ1) is 12.6. The highest BCUT2D eigenvalue weighted by Crippen LogP contribution is 2.08. The van der Waals surface area contributed by atoms with Gasteiger partial charge in [0.05, 0.1) is 19.1 Å². The van der Waals surface area contributed by atoms with Gasteiger partial charge in [0.1, 0.15) is 6.04 Å². The normalized spacial score (nSPS) is 10.9. The molecule has 0 bridgehead atoms. The molecule has 1 amide bonds. The molecule has 1 heterocycles. The third-order valence-corrected chi connectivity index (χ3v) is 4.42. The van der Waals surface area contributed by atoms with Crippen LogP contribution < -0.4 is 10.6 Å². The molecule has 0 saturated heterocycles. The van der Waals surface area contributed by atoms with Gasteiger partial charge in [0, 0.05) is 24.8 Å². The summed E-state index contributed by atoms with van der Waals surface area (Å²) in [5.41, 5.74) is 2.42. The van der Waals surface area contributed by atoms with Crippen molar-refractivity contribution < 1.29 is 14.3 Å². The minimum atomic E-state index is -0.638. The van der Waals surface area contributed by atoms with Crippen molar-refractivity contribution in [3.63, 3.8) is 0 Å². The quantitative estimate of drug-likeness (QED) is 0.483. The predicted octanol–water partition coefficient (Wildman–Crippen LogP) is 2.57. The Morgan fingerprint density at radius 1 is 1.29 bits per heavy atom. The molecular formula is C18H26Cl2N4O3S. The lowest BCUT2D eigenvalue weighted by Crippen LogP contribution is -2.42. The van der Waals surface area contributed by atoms with E-state index < -0.39 is 12.0 Å². The van der Waals surface area contributed by atoms with E-state index >= 15 is 0 Å². The van der Waals surface area contributed by atoms with Crippen LogP contribution in [0.5, 0.6) is 0 Å². The molecule has 1 atom stereocenters. The van der Waals surface area contributed by atoms with Gasteiger partial charge in [-0.1, -0.05) is 12.1 Å². The van der Waals surface area contributed by atoms with Crippen LogP contribution in [0.3, 0.4) is 0 Å². The standard InChI is InChI=1S/C18H24N4O3S.2ClH/c1-25-18(24)16(6-7-26-2)22-17(23)14-5-3-4-13(8-14)9-19-10-15-11-20-12-21-15;;/h3-5,8,11-12,16,19H,6-7,9-10H2,1-2H3,(H,20,21)(H,22,23);2*1H/t16-;;/m0../s1. The summed E-state index contributed by atoms with van der Waals surface area (Å²) in [5, 5.41) is 6.04. The van der Waals surface area contributed by atoms with E-state index in [4.69, 9.17) is 4.74 Å². The summed E-state index contributed by atoms with van der Waals surface area (Å²) in [5.74, 6) is 0.0527. The molecule has 2 rings (SSSR count). The van der Waals surface area contributed by atoms with E-state index in [1.807, 2.05) is 30.7 Å². The monoisotopic (exact) mass is 448 g/mol. The molecule has 10 heteroatoms. The summed E-state index contributed by atoms with van der Waals surface area (Å²) >= 11 is 1.62. The number of nitrogens with zero attached hydrogens (tertiary/aromatic N) is 1. The van der Waals surface area contributed by atoms with E-state index in [0.29, 0.717) is 25.1 Å². The van der Waals surface area contributed by atoms with Gasteiger partial charge in [-0.2, -0.15) is 11.8 Å². The zero-order valence-electron chi connectivity index (χ0n) is 15.8. The van der Waals surface area contributed by atoms with Crippen molar-refractivity contribution in [2.45, 2.75) is 25.6 Å². The third-order valence-electron chi connectivity index (χ3n) is 3.78. The largest absolute Gasteiger partial charge is 0.467 e. The summed E-state index contributed by atoms with van der Waals surface area (Å²) in [6, 6.07) is 6.68. The fourth-order valence-corrected chi connectivity index (χ4v) is 2.88. The third kappa shape index (κ3) is 8.52. The molecule has 3 N–H and O–H groups in total. The lowest BCUT2D eigenvalue weighted by atomic mass is 10.1. The van der Waals surface area contributed by atoms with Gasteiger partial charge in [0.15, 0.2) is 0 Å². The number of hydrogen-bond donors (Lipinski definition) is 3. The number of thioether (sulfide) groups is 1. The molecule has 0 aliphatic rings. The maximum atomic E-state index is 12.5. The van der Waals surface area contributed by atoms with Gasteiger partial charge in [0.25, 0.3) is 5.91 Å². The average molecular weight is 449 g/mol. The molecule has 0 saturated carbocycles. The number of rotatable bonds is 10. The minimum Gasteiger partial charge on any atom is -0.467 e. The number of nitrogens with one attached hydrogen (secondary N) is 3. The van der Waals surface area contributed by atoms with Gasteiger partial charge in [-0.15, -0.1) is 24.8 Å². The fraction of sp³-hybridized carbons (Fsp3) is 0.389. The van der Waals surface area contributed by atoms with Crippen LogP contribution in [0.25, 0.3) is 0 Å². The number of aromatic nitrogens is 2. The SMILES string of the molecule is COC(=O)[C@H](CCSC)NC(=O)c1cccc(CNCc2c[nH]cn2)c1.Cl.Cl. The molecule has 0 aliphatic heterocycles. The smallest absolute Gasteiger partial charge is 0.328 e. The summed E-state index contributed by atoms with van der Waals surface area (Å²) in [7, 11) is 1.33. The van der Waals surface area contributed by atoms with Crippen molar-refractivity contribution in [3.05, 3.63) is 53.6 Å². The number of carbonyl (C=O) groups is 2. The topological polar surface area (TPSA) is 96.1 Å². The molecule has 1 aromatic heterocycles.